The van der Waals surface area contributed by atoms with Crippen LogP contribution in [0.15, 0.2) is 41.4 Å². The van der Waals surface area contributed by atoms with E-state index in [1.807, 2.05) is 25.3 Å². The molecule has 1 amide bonds. The normalized spacial score (nSPS) is 13.6. The maximum atomic E-state index is 13.0. The summed E-state index contributed by atoms with van der Waals surface area (Å²) in [5.74, 6) is -0.0346. The van der Waals surface area contributed by atoms with Crippen LogP contribution in [0, 0.1) is 6.92 Å². The lowest BCUT2D eigenvalue weighted by Crippen LogP contribution is -2.25. The minimum atomic E-state index is -0.0346. The highest BCUT2D eigenvalue weighted by Gasteiger charge is 2.21. The summed E-state index contributed by atoms with van der Waals surface area (Å²) in [5.41, 5.74) is 7.32. The lowest BCUT2D eigenvalue weighted by atomic mass is 9.97. The zero-order chi connectivity index (χ0) is 24.6. The molecule has 0 aliphatic heterocycles. The molecule has 186 valence electrons. The van der Waals surface area contributed by atoms with Gasteiger partial charge in [0.25, 0.3) is 5.91 Å². The number of aromatic nitrogens is 3. The van der Waals surface area contributed by atoms with Crippen molar-refractivity contribution in [3.63, 3.8) is 0 Å². The van der Waals surface area contributed by atoms with E-state index in [9.17, 15) is 4.79 Å². The summed E-state index contributed by atoms with van der Waals surface area (Å²) in [5, 5.41) is 6.13. The molecular weight excluding hydrogens is 456 g/mol. The first kappa shape index (κ1) is 25.3. The van der Waals surface area contributed by atoms with Crippen LogP contribution in [0.3, 0.4) is 0 Å². The molecule has 6 nitrogen and oxygen atoms in total. The van der Waals surface area contributed by atoms with E-state index in [-0.39, 0.29) is 5.91 Å². The van der Waals surface area contributed by atoms with E-state index in [0.29, 0.717) is 13.2 Å². The van der Waals surface area contributed by atoms with Crippen molar-refractivity contribution in [2.45, 2.75) is 65.3 Å². The second-order valence-corrected chi connectivity index (χ2v) is 9.93. The number of hydrogen-bond acceptors (Lipinski definition) is 5. The summed E-state index contributed by atoms with van der Waals surface area (Å²) in [6, 6.07) is 6.14. The molecule has 3 heterocycles. The molecule has 4 rings (SSSR count). The van der Waals surface area contributed by atoms with E-state index in [2.05, 4.69) is 39.3 Å². The van der Waals surface area contributed by atoms with Crippen LogP contribution < -0.4 is 5.32 Å². The van der Waals surface area contributed by atoms with Crippen LogP contribution in [0.4, 0.5) is 0 Å². The van der Waals surface area contributed by atoms with Crippen molar-refractivity contribution in [2.75, 3.05) is 20.3 Å². The number of thiazole rings is 1. The predicted octanol–water partition coefficient (Wildman–Crippen LogP) is 6.20. The molecule has 0 atom stereocenters. The molecule has 1 aliphatic rings. The number of nitrogens with zero attached hydrogens (tertiary/aromatic N) is 3. The van der Waals surface area contributed by atoms with Crippen LogP contribution in [0.5, 0.6) is 0 Å². The number of nitrogens with one attached hydrogen (secondary N) is 1. The largest absolute Gasteiger partial charge is 0.385 e. The fraction of sp³-hybridized carbons (Fsp3) is 0.464. The zero-order valence-corrected chi connectivity index (χ0v) is 21.9. The summed E-state index contributed by atoms with van der Waals surface area (Å²) in [7, 11) is 1.68. The highest BCUT2D eigenvalue weighted by atomic mass is 32.1. The summed E-state index contributed by atoms with van der Waals surface area (Å²) in [6.45, 7) is 6.25. The van der Waals surface area contributed by atoms with E-state index in [4.69, 9.17) is 9.72 Å². The van der Waals surface area contributed by atoms with Gasteiger partial charge in [-0.25, -0.2) is 4.98 Å². The van der Waals surface area contributed by atoms with Gasteiger partial charge >= 0.3 is 0 Å². The van der Waals surface area contributed by atoms with Crippen molar-refractivity contribution in [1.82, 2.24) is 19.9 Å². The molecule has 0 saturated heterocycles. The number of ether oxygens (including phenoxy) is 1. The van der Waals surface area contributed by atoms with Gasteiger partial charge in [-0.15, -0.1) is 11.3 Å². The van der Waals surface area contributed by atoms with Crippen LogP contribution in [0.25, 0.3) is 22.0 Å². The quantitative estimate of drug-likeness (QED) is 0.256. The predicted molar refractivity (Wildman–Crippen MR) is 143 cm³/mol. The molecule has 0 aromatic carbocycles. The molecule has 3 aromatic heterocycles. The Hall–Kier alpha value is -2.77. The molecule has 0 fully saturated rings. The van der Waals surface area contributed by atoms with Crippen LogP contribution >= 0.6 is 11.3 Å². The van der Waals surface area contributed by atoms with Crippen molar-refractivity contribution < 1.29 is 9.53 Å². The van der Waals surface area contributed by atoms with Crippen molar-refractivity contribution in [3.05, 3.63) is 58.4 Å². The molecule has 1 N–H and O–H groups in total. The minimum absolute atomic E-state index is 0.0346. The Morgan fingerprint density at radius 3 is 2.94 bits per heavy atom. The fourth-order valence-corrected chi connectivity index (χ4v) is 5.42. The van der Waals surface area contributed by atoms with Gasteiger partial charge in [-0.05, 0) is 70.1 Å². The lowest BCUT2D eigenvalue weighted by molar-refractivity contribution is 0.0948. The monoisotopic (exact) mass is 492 g/mol. The van der Waals surface area contributed by atoms with E-state index < -0.39 is 0 Å². The molecule has 3 aromatic rings. The number of methoxy groups -OCH3 is 1. The number of rotatable bonds is 11. The van der Waals surface area contributed by atoms with Gasteiger partial charge in [0, 0.05) is 55.3 Å². The van der Waals surface area contributed by atoms with Gasteiger partial charge < -0.3 is 14.6 Å². The van der Waals surface area contributed by atoms with Gasteiger partial charge in [-0.1, -0.05) is 18.6 Å². The van der Waals surface area contributed by atoms with Gasteiger partial charge in [-0.2, -0.15) is 0 Å². The van der Waals surface area contributed by atoms with Crippen LogP contribution in [0.1, 0.15) is 67.2 Å². The van der Waals surface area contributed by atoms with Crippen molar-refractivity contribution in [1.29, 1.82) is 0 Å². The summed E-state index contributed by atoms with van der Waals surface area (Å²) < 4.78 is 7.39. The third-order valence-electron chi connectivity index (χ3n) is 6.66. The highest BCUT2D eigenvalue weighted by molar-refractivity contribution is 7.13. The molecule has 7 heteroatoms. The second-order valence-electron chi connectivity index (χ2n) is 9.07. The van der Waals surface area contributed by atoms with E-state index >= 15 is 0 Å². The number of carbonyl (C=O) groups excluding carboxylic acids is 1. The Kier molecular flexibility index (Phi) is 8.88. The van der Waals surface area contributed by atoms with Gasteiger partial charge in [-0.3, -0.25) is 9.78 Å². The zero-order valence-electron chi connectivity index (χ0n) is 21.1. The number of aryl methyl sites for hydroxylation is 1. The Bertz CT molecular complexity index is 1180. The van der Waals surface area contributed by atoms with Crippen LogP contribution in [-0.2, 0) is 17.7 Å². The second kappa shape index (κ2) is 12.3. The smallest absolute Gasteiger partial charge is 0.253 e. The first-order chi connectivity index (χ1) is 17.1. The Morgan fingerprint density at radius 1 is 1.29 bits per heavy atom. The molecule has 0 radical (unpaired) electrons. The number of carbonyl (C=O) groups is 1. The minimum Gasteiger partial charge on any atom is -0.385 e. The average molecular weight is 493 g/mol. The first-order valence-corrected chi connectivity index (χ1v) is 13.5. The molecular formula is C28H36N4O2S. The Balaban J connectivity index is 1.63. The summed E-state index contributed by atoms with van der Waals surface area (Å²) >= 11 is 1.64. The SMILES string of the molecule is CCc1cc(-c2nc(-c3cc(C(=O)NCCCOC)c(C)n3CCC3=CCCCC3)cs2)ccn1. The molecule has 0 saturated carbocycles. The lowest BCUT2D eigenvalue weighted by Gasteiger charge is -2.15. The van der Waals surface area contributed by atoms with Crippen LogP contribution in [-0.4, -0.2) is 40.7 Å². The Labute approximate surface area is 212 Å². The van der Waals surface area contributed by atoms with E-state index in [1.54, 1.807) is 18.4 Å². The molecule has 35 heavy (non-hydrogen) atoms. The topological polar surface area (TPSA) is 69.0 Å². The first-order valence-electron chi connectivity index (χ1n) is 12.7. The van der Waals surface area contributed by atoms with Gasteiger partial charge in [0.2, 0.25) is 0 Å². The van der Waals surface area contributed by atoms with E-state index in [1.165, 1.54) is 31.3 Å². The van der Waals surface area contributed by atoms with Crippen LogP contribution in [0.2, 0.25) is 0 Å². The fourth-order valence-electron chi connectivity index (χ4n) is 4.60. The van der Waals surface area contributed by atoms with Crippen molar-refractivity contribution >= 4 is 17.2 Å². The molecule has 0 spiro atoms. The van der Waals surface area contributed by atoms with Gasteiger partial charge in [0.05, 0.1) is 17.0 Å². The number of hydrogen-bond donors (Lipinski definition) is 1. The van der Waals surface area contributed by atoms with E-state index in [0.717, 1.165) is 64.7 Å². The molecule has 0 unspecified atom stereocenters. The number of allylic oxidation sites excluding steroid dienone is 2. The highest BCUT2D eigenvalue weighted by Crippen LogP contribution is 2.32. The number of amides is 1. The maximum absolute atomic E-state index is 13.0. The van der Waals surface area contributed by atoms with Crippen molar-refractivity contribution in [2.24, 2.45) is 0 Å². The Morgan fingerprint density at radius 2 is 2.17 bits per heavy atom. The van der Waals surface area contributed by atoms with Gasteiger partial charge in [0.15, 0.2) is 0 Å². The third kappa shape index (κ3) is 6.27. The summed E-state index contributed by atoms with van der Waals surface area (Å²) in [4.78, 5) is 22.4. The van der Waals surface area contributed by atoms with Crippen molar-refractivity contribution in [3.8, 4) is 22.0 Å². The molecule has 1 aliphatic carbocycles. The third-order valence-corrected chi connectivity index (χ3v) is 7.55. The molecule has 0 bridgehead atoms. The standard InChI is InChI=1S/C28H36N4O2S/c1-4-23-17-22(11-14-29-23)28-31-25(19-35-28)26-18-24(27(33)30-13-8-16-34-3)20(2)32(26)15-12-21-9-6-5-7-10-21/h9,11,14,17-19H,4-8,10,12-13,15-16H2,1-3H3,(H,30,33). The maximum Gasteiger partial charge on any atom is 0.253 e. The average Bonchev–Trinajstić information content (AvgIpc) is 3.51. The number of pyridine rings is 1. The summed E-state index contributed by atoms with van der Waals surface area (Å²) in [6.07, 6.45) is 11.9. The van der Waals surface area contributed by atoms with Gasteiger partial charge in [0.1, 0.15) is 5.01 Å².